The Bertz CT molecular complexity index is 1310. The lowest BCUT2D eigenvalue weighted by Crippen LogP contribution is -2.53. The number of benzene rings is 1. The standard InChI is InChI=1S/C32H46F5NO7S/c1-30-20-26(45-38(41)42)29-24-12-11-23(39)19-22(24)18-21(28(29)25(30)13-14-27(30)40)10-7-5-3-2-4-6-8-16-46(43,44)17-9-15-31(33,34)32(35,36)37/h11-12,19,21,25-29,39-40H,2-10,13-18,20H2,1H3/t21-,25+,26+,27+,28+,29+,30+/m1/s1. The van der Waals surface area contributed by atoms with Gasteiger partial charge in [0.25, 0.3) is 5.09 Å². The number of hydrogen-bond acceptors (Lipinski definition) is 7. The molecule has 3 aliphatic carbocycles. The minimum Gasteiger partial charge on any atom is -0.508 e. The van der Waals surface area contributed by atoms with Crippen LogP contribution in [0.3, 0.4) is 0 Å². The molecule has 46 heavy (non-hydrogen) atoms. The van der Waals surface area contributed by atoms with Crippen LogP contribution in [-0.4, -0.2) is 59.5 Å². The van der Waals surface area contributed by atoms with Crippen molar-refractivity contribution in [1.82, 2.24) is 0 Å². The zero-order valence-corrected chi connectivity index (χ0v) is 27.0. The van der Waals surface area contributed by atoms with E-state index in [-0.39, 0.29) is 35.2 Å². The molecular weight excluding hydrogens is 637 g/mol. The molecule has 0 unspecified atom stereocenters. The highest BCUT2D eigenvalue weighted by atomic mass is 32.2. The summed E-state index contributed by atoms with van der Waals surface area (Å²) >= 11 is 0. The lowest BCUT2D eigenvalue weighted by Gasteiger charge is -2.55. The van der Waals surface area contributed by atoms with Gasteiger partial charge in [-0.1, -0.05) is 51.5 Å². The van der Waals surface area contributed by atoms with Gasteiger partial charge < -0.3 is 15.1 Å². The minimum atomic E-state index is -5.68. The van der Waals surface area contributed by atoms with Crippen molar-refractivity contribution in [2.45, 2.75) is 127 Å². The van der Waals surface area contributed by atoms with Crippen molar-refractivity contribution in [2.24, 2.45) is 23.2 Å². The minimum absolute atomic E-state index is 0.0968. The summed E-state index contributed by atoms with van der Waals surface area (Å²) in [5.41, 5.74) is 1.49. The van der Waals surface area contributed by atoms with Gasteiger partial charge in [0.15, 0.2) is 0 Å². The van der Waals surface area contributed by atoms with E-state index in [0.717, 1.165) is 62.5 Å². The molecule has 0 radical (unpaired) electrons. The van der Waals surface area contributed by atoms with E-state index in [4.69, 9.17) is 4.84 Å². The Labute approximate surface area is 267 Å². The van der Waals surface area contributed by atoms with Crippen LogP contribution in [0.25, 0.3) is 0 Å². The van der Waals surface area contributed by atoms with Crippen molar-refractivity contribution in [1.29, 1.82) is 0 Å². The van der Waals surface area contributed by atoms with Gasteiger partial charge in [-0.15, -0.1) is 10.1 Å². The molecule has 8 nitrogen and oxygen atoms in total. The number of fused-ring (bicyclic) bond motifs is 5. The van der Waals surface area contributed by atoms with Crippen LogP contribution in [-0.2, 0) is 21.1 Å². The smallest absolute Gasteiger partial charge is 0.453 e. The van der Waals surface area contributed by atoms with Gasteiger partial charge in [-0.2, -0.15) is 22.0 Å². The molecule has 0 bridgehead atoms. The van der Waals surface area contributed by atoms with E-state index < -0.39 is 63.2 Å². The molecule has 0 aliphatic heterocycles. The number of aromatic hydroxyl groups is 1. The van der Waals surface area contributed by atoms with Gasteiger partial charge in [0, 0.05) is 12.3 Å². The number of aliphatic hydroxyl groups is 1. The fourth-order valence-corrected chi connectivity index (χ4v) is 10.1. The molecule has 3 aliphatic rings. The van der Waals surface area contributed by atoms with Crippen LogP contribution >= 0.6 is 0 Å². The first kappa shape index (κ1) is 36.6. The molecule has 2 fully saturated rings. The van der Waals surface area contributed by atoms with Crippen LogP contribution in [0.1, 0.15) is 107 Å². The molecule has 0 heterocycles. The van der Waals surface area contributed by atoms with Crippen molar-refractivity contribution in [3.8, 4) is 5.75 Å². The van der Waals surface area contributed by atoms with Crippen molar-refractivity contribution in [2.75, 3.05) is 11.5 Å². The second kappa shape index (κ2) is 14.5. The summed E-state index contributed by atoms with van der Waals surface area (Å²) in [7, 11) is -3.70. The SMILES string of the molecule is C[C@]12C[C@H](O[N+](=O)[O-])[C@@H]3c4ccc(O)cc4C[C@@H](CCCCCCCCCS(=O)(=O)CCCC(F)(F)C(F)(F)F)[C@H]3[C@@H]1CC[C@@H]2O. The molecule has 0 saturated heterocycles. The third kappa shape index (κ3) is 8.43. The summed E-state index contributed by atoms with van der Waals surface area (Å²) in [5.74, 6) is -5.38. The van der Waals surface area contributed by atoms with E-state index in [2.05, 4.69) is 0 Å². The molecule has 1 aromatic rings. The first-order valence-corrected chi connectivity index (χ1v) is 18.2. The van der Waals surface area contributed by atoms with Gasteiger partial charge >= 0.3 is 12.1 Å². The third-order valence-electron chi connectivity index (χ3n) is 10.9. The number of hydrogen-bond donors (Lipinski definition) is 2. The number of phenolic OH excluding ortho intramolecular Hbond substituents is 1. The molecule has 4 rings (SSSR count). The Morgan fingerprint density at radius 2 is 1.63 bits per heavy atom. The first-order valence-electron chi connectivity index (χ1n) is 16.4. The van der Waals surface area contributed by atoms with Gasteiger partial charge in [0.2, 0.25) is 0 Å². The van der Waals surface area contributed by atoms with E-state index in [1.54, 1.807) is 12.1 Å². The lowest BCUT2D eigenvalue weighted by molar-refractivity contribution is -0.771. The van der Waals surface area contributed by atoms with Crippen molar-refractivity contribution >= 4 is 9.84 Å². The highest BCUT2D eigenvalue weighted by Crippen LogP contribution is 2.63. The molecule has 0 spiro atoms. The lowest BCUT2D eigenvalue weighted by atomic mass is 9.51. The fourth-order valence-electron chi connectivity index (χ4n) is 8.64. The van der Waals surface area contributed by atoms with Gasteiger partial charge in [-0.05, 0) is 91.4 Å². The van der Waals surface area contributed by atoms with E-state index in [1.807, 2.05) is 13.0 Å². The summed E-state index contributed by atoms with van der Waals surface area (Å²) in [5, 5.41) is 32.0. The Morgan fingerprint density at radius 1 is 1.00 bits per heavy atom. The Hall–Kier alpha value is -2.22. The van der Waals surface area contributed by atoms with Gasteiger partial charge in [-0.25, -0.2) is 8.42 Å². The molecule has 7 atom stereocenters. The quantitative estimate of drug-likeness (QED) is 0.0798. The molecule has 2 saturated carbocycles. The predicted octanol–water partition coefficient (Wildman–Crippen LogP) is 7.54. The summed E-state index contributed by atoms with van der Waals surface area (Å²) in [6, 6.07) is 5.23. The largest absolute Gasteiger partial charge is 0.508 e. The maximum absolute atomic E-state index is 13.0. The summed E-state index contributed by atoms with van der Waals surface area (Å²) in [6.07, 6.45) is -0.310. The zero-order chi connectivity index (χ0) is 33.9. The third-order valence-corrected chi connectivity index (χ3v) is 12.7. The molecule has 0 amide bonds. The number of phenols is 1. The number of aliphatic hydroxyl groups excluding tert-OH is 1. The molecule has 262 valence electrons. The summed E-state index contributed by atoms with van der Waals surface area (Å²) < 4.78 is 87.0. The maximum Gasteiger partial charge on any atom is 0.453 e. The summed E-state index contributed by atoms with van der Waals surface area (Å²) in [6.45, 7) is 2.03. The van der Waals surface area contributed by atoms with Crippen molar-refractivity contribution in [3.05, 3.63) is 39.4 Å². The van der Waals surface area contributed by atoms with Crippen molar-refractivity contribution < 1.29 is 50.5 Å². The zero-order valence-electron chi connectivity index (χ0n) is 26.2. The number of sulfone groups is 1. The highest BCUT2D eigenvalue weighted by Gasteiger charge is 2.60. The summed E-state index contributed by atoms with van der Waals surface area (Å²) in [4.78, 5) is 16.9. The van der Waals surface area contributed by atoms with E-state index >= 15 is 0 Å². The first-order chi connectivity index (χ1) is 21.4. The average Bonchev–Trinajstić information content (AvgIpc) is 3.23. The number of halogens is 5. The Balaban J connectivity index is 1.25. The van der Waals surface area contributed by atoms with E-state index in [9.17, 15) is 50.7 Å². The molecule has 1 aromatic carbocycles. The van der Waals surface area contributed by atoms with Gasteiger partial charge in [0.1, 0.15) is 21.7 Å². The van der Waals surface area contributed by atoms with Gasteiger partial charge in [0.05, 0.1) is 17.6 Å². The molecule has 2 N–H and O–H groups in total. The Morgan fingerprint density at radius 3 is 2.28 bits per heavy atom. The predicted molar refractivity (Wildman–Crippen MR) is 161 cm³/mol. The second-order valence-electron chi connectivity index (χ2n) is 13.9. The van der Waals surface area contributed by atoms with Crippen LogP contribution in [0.15, 0.2) is 18.2 Å². The molecular formula is C32H46F5NO7S. The topological polar surface area (TPSA) is 127 Å². The highest BCUT2D eigenvalue weighted by molar-refractivity contribution is 7.91. The van der Waals surface area contributed by atoms with Crippen LogP contribution in [0.2, 0.25) is 0 Å². The number of unbranched alkanes of at least 4 members (excludes halogenated alkanes) is 6. The molecule has 0 aromatic heterocycles. The van der Waals surface area contributed by atoms with E-state index in [1.165, 1.54) is 0 Å². The fraction of sp³-hybridized carbons (Fsp3) is 0.812. The van der Waals surface area contributed by atoms with Crippen LogP contribution < -0.4 is 0 Å². The van der Waals surface area contributed by atoms with Crippen LogP contribution in [0.4, 0.5) is 22.0 Å². The van der Waals surface area contributed by atoms with Crippen LogP contribution in [0, 0.1) is 33.3 Å². The maximum atomic E-state index is 13.0. The average molecular weight is 684 g/mol. The normalized spacial score (nSPS) is 29.5. The number of nitrogens with zero attached hydrogens (tertiary/aromatic N) is 1. The second-order valence-corrected chi connectivity index (χ2v) is 16.3. The monoisotopic (exact) mass is 683 g/mol. The van der Waals surface area contributed by atoms with Crippen LogP contribution in [0.5, 0.6) is 5.75 Å². The number of rotatable bonds is 16. The van der Waals surface area contributed by atoms with Crippen molar-refractivity contribution in [3.63, 3.8) is 0 Å². The van der Waals surface area contributed by atoms with Gasteiger partial charge in [-0.3, -0.25) is 0 Å². The van der Waals surface area contributed by atoms with E-state index in [0.29, 0.717) is 25.7 Å². The number of alkyl halides is 5. The Kier molecular flexibility index (Phi) is 11.5. The molecule has 14 heteroatoms.